The quantitative estimate of drug-likeness (QED) is 0.250. The Bertz CT molecular complexity index is 812. The minimum absolute atomic E-state index is 0.0477. The summed E-state index contributed by atoms with van der Waals surface area (Å²) in [5.41, 5.74) is 4.40. The van der Waals surface area contributed by atoms with E-state index in [1.807, 2.05) is 0 Å². The van der Waals surface area contributed by atoms with Gasteiger partial charge >= 0.3 is 0 Å². The lowest BCUT2D eigenvalue weighted by Gasteiger charge is -2.26. The maximum absolute atomic E-state index is 5.29. The van der Waals surface area contributed by atoms with Crippen molar-refractivity contribution in [1.29, 1.82) is 0 Å². The van der Waals surface area contributed by atoms with Crippen molar-refractivity contribution in [2.75, 3.05) is 4.90 Å². The van der Waals surface area contributed by atoms with E-state index in [0.29, 0.717) is 0 Å². The highest BCUT2D eigenvalue weighted by Crippen LogP contribution is 2.30. The van der Waals surface area contributed by atoms with E-state index in [1.165, 1.54) is 87.1 Å². The van der Waals surface area contributed by atoms with Crippen LogP contribution in [0.3, 0.4) is 0 Å². The number of nitrogens with one attached hydrogen (secondary N) is 1. The summed E-state index contributed by atoms with van der Waals surface area (Å²) in [4.78, 5) is 2.28. The molecule has 0 saturated heterocycles. The number of hydrogen-bond donors (Lipinski definition) is 1. The van der Waals surface area contributed by atoms with Crippen LogP contribution in [0, 0.1) is 0 Å². The number of unbranched alkanes of at least 4 members (excludes halogenated alkanes) is 10. The van der Waals surface area contributed by atoms with Crippen molar-refractivity contribution in [3.05, 3.63) is 42.5 Å². The van der Waals surface area contributed by atoms with Crippen LogP contribution in [-0.4, -0.2) is 17.4 Å². The Morgan fingerprint density at radius 1 is 0.867 bits per heavy atom. The molecule has 4 heteroatoms. The summed E-state index contributed by atoms with van der Waals surface area (Å²) < 4.78 is 0. The van der Waals surface area contributed by atoms with E-state index in [2.05, 4.69) is 64.8 Å². The Morgan fingerprint density at radius 2 is 1.50 bits per heavy atom. The van der Waals surface area contributed by atoms with Crippen molar-refractivity contribution in [2.24, 2.45) is 5.10 Å². The van der Waals surface area contributed by atoms with Gasteiger partial charge in [0.15, 0.2) is 0 Å². The molecular weight excluding hydrogens is 386 g/mol. The van der Waals surface area contributed by atoms with E-state index in [9.17, 15) is 0 Å². The predicted molar refractivity (Wildman–Crippen MR) is 136 cm³/mol. The van der Waals surface area contributed by atoms with Crippen molar-refractivity contribution >= 4 is 39.9 Å². The number of hydrogen-bond acceptors (Lipinski definition) is 4. The van der Waals surface area contributed by atoms with E-state index in [1.54, 1.807) is 5.37 Å². The third-order valence-corrected chi connectivity index (χ3v) is 6.30. The topological polar surface area (TPSA) is 27.6 Å². The third-order valence-electron chi connectivity index (χ3n) is 6.04. The van der Waals surface area contributed by atoms with E-state index < -0.39 is 0 Å². The monoisotopic (exact) mass is 423 g/mol. The smallest absolute Gasteiger partial charge is 0.150 e. The van der Waals surface area contributed by atoms with Crippen molar-refractivity contribution < 1.29 is 0 Å². The summed E-state index contributed by atoms with van der Waals surface area (Å²) in [5.74, 6) is 1.10. The van der Waals surface area contributed by atoms with Crippen LogP contribution in [0.15, 0.2) is 47.6 Å². The molecular formula is C26H37N3S. The second-order valence-electron chi connectivity index (χ2n) is 8.39. The van der Waals surface area contributed by atoms with E-state index in [0.717, 1.165) is 12.3 Å². The fraction of sp³-hybridized carbons (Fsp3) is 0.538. The van der Waals surface area contributed by atoms with Gasteiger partial charge in [-0.15, -0.1) is 0 Å². The number of hydrazone groups is 1. The van der Waals surface area contributed by atoms with E-state index >= 15 is 0 Å². The van der Waals surface area contributed by atoms with Gasteiger partial charge in [-0.3, -0.25) is 5.43 Å². The molecule has 1 heterocycles. The van der Waals surface area contributed by atoms with Crippen molar-refractivity contribution in [3.8, 4) is 0 Å². The van der Waals surface area contributed by atoms with Gasteiger partial charge in [0, 0.05) is 17.2 Å². The fourth-order valence-corrected chi connectivity index (χ4v) is 4.52. The first-order valence-corrected chi connectivity index (χ1v) is 12.4. The summed E-state index contributed by atoms with van der Waals surface area (Å²) >= 11 is 5.29. The molecule has 1 unspecified atom stereocenters. The highest BCUT2D eigenvalue weighted by molar-refractivity contribution is 7.79. The number of benzene rings is 2. The largest absolute Gasteiger partial charge is 0.301 e. The van der Waals surface area contributed by atoms with Gasteiger partial charge in [-0.1, -0.05) is 120 Å². The zero-order chi connectivity index (χ0) is 21.0. The standard InChI is InChI=1S/C26H37N3S/c1-2-3-4-5-6-7-8-9-10-11-12-20-25-27-28-26(21-30)29(25)24-19-15-17-22-16-13-14-18-23(22)24/h13-19,21,26,28H,2-12,20H2,1H3. The Kier molecular flexibility index (Phi) is 9.62. The van der Waals surface area contributed by atoms with Gasteiger partial charge in [-0.25, -0.2) is 0 Å². The Morgan fingerprint density at radius 3 is 2.20 bits per heavy atom. The number of rotatable bonds is 14. The lowest BCUT2D eigenvalue weighted by molar-refractivity contribution is 0.551. The van der Waals surface area contributed by atoms with Crippen LogP contribution >= 0.6 is 12.2 Å². The molecule has 0 fully saturated rings. The van der Waals surface area contributed by atoms with Gasteiger partial charge < -0.3 is 4.90 Å². The van der Waals surface area contributed by atoms with Gasteiger partial charge in [0.05, 0.1) is 5.69 Å². The molecule has 2 aromatic rings. The average Bonchev–Trinajstić information content (AvgIpc) is 3.19. The van der Waals surface area contributed by atoms with Gasteiger partial charge in [0.1, 0.15) is 12.0 Å². The highest BCUT2D eigenvalue weighted by Gasteiger charge is 2.27. The van der Waals surface area contributed by atoms with Crippen LogP contribution in [0.5, 0.6) is 0 Å². The molecule has 1 aliphatic heterocycles. The SMILES string of the molecule is CCCCCCCCCCCCCC1=NNC(C=S)N1c1cccc2ccccc12. The Balaban J connectivity index is 1.45. The second-order valence-corrected chi connectivity index (χ2v) is 8.66. The van der Waals surface area contributed by atoms with Gasteiger partial charge in [-0.05, 0) is 17.9 Å². The Labute approximate surface area is 187 Å². The molecule has 0 saturated carbocycles. The lowest BCUT2D eigenvalue weighted by atomic mass is 10.0. The summed E-state index contributed by atoms with van der Waals surface area (Å²) in [5, 5.41) is 8.90. The number of thiocarbonyl (C=S) groups is 1. The zero-order valence-electron chi connectivity index (χ0n) is 18.5. The summed E-state index contributed by atoms with van der Waals surface area (Å²) in [7, 11) is 0. The molecule has 0 radical (unpaired) electrons. The molecule has 3 nitrogen and oxygen atoms in total. The average molecular weight is 424 g/mol. The predicted octanol–water partition coefficient (Wildman–Crippen LogP) is 7.59. The summed E-state index contributed by atoms with van der Waals surface area (Å²) in [6.45, 7) is 2.28. The molecule has 162 valence electrons. The van der Waals surface area contributed by atoms with E-state index in [-0.39, 0.29) is 6.17 Å². The minimum atomic E-state index is -0.0477. The van der Waals surface area contributed by atoms with Crippen LogP contribution in [0.1, 0.15) is 84.0 Å². The number of anilines is 1. The van der Waals surface area contributed by atoms with Crippen LogP contribution in [0.2, 0.25) is 0 Å². The molecule has 2 aromatic carbocycles. The number of fused-ring (bicyclic) bond motifs is 1. The first-order valence-electron chi connectivity index (χ1n) is 11.9. The first kappa shape index (κ1) is 22.7. The van der Waals surface area contributed by atoms with Crippen LogP contribution in [0.25, 0.3) is 10.8 Å². The van der Waals surface area contributed by atoms with Gasteiger partial charge in [-0.2, -0.15) is 5.10 Å². The third kappa shape index (κ3) is 6.28. The lowest BCUT2D eigenvalue weighted by Crippen LogP contribution is -2.41. The Hall–Kier alpha value is -1.94. The molecule has 0 spiro atoms. The molecule has 30 heavy (non-hydrogen) atoms. The molecule has 1 atom stereocenters. The minimum Gasteiger partial charge on any atom is -0.301 e. The van der Waals surface area contributed by atoms with Crippen LogP contribution in [0.4, 0.5) is 5.69 Å². The summed E-state index contributed by atoms with van der Waals surface area (Å²) in [6, 6.07) is 15.0. The normalized spacial score (nSPS) is 16.0. The van der Waals surface area contributed by atoms with Gasteiger partial charge in [0.2, 0.25) is 0 Å². The number of amidine groups is 1. The van der Waals surface area contributed by atoms with Crippen LogP contribution in [-0.2, 0) is 0 Å². The van der Waals surface area contributed by atoms with Crippen molar-refractivity contribution in [1.82, 2.24) is 5.43 Å². The molecule has 0 amide bonds. The molecule has 1 aliphatic rings. The van der Waals surface area contributed by atoms with Crippen molar-refractivity contribution in [3.63, 3.8) is 0 Å². The molecule has 3 rings (SSSR count). The second kappa shape index (κ2) is 12.7. The maximum atomic E-state index is 5.29. The fourth-order valence-electron chi connectivity index (χ4n) is 4.34. The highest BCUT2D eigenvalue weighted by atomic mass is 32.1. The molecule has 0 aliphatic carbocycles. The van der Waals surface area contributed by atoms with Crippen LogP contribution < -0.4 is 10.3 Å². The van der Waals surface area contributed by atoms with Crippen molar-refractivity contribution in [2.45, 2.75) is 90.1 Å². The van der Waals surface area contributed by atoms with Gasteiger partial charge in [0.25, 0.3) is 0 Å². The first-order chi connectivity index (χ1) is 14.8. The molecule has 1 N–H and O–H groups in total. The maximum Gasteiger partial charge on any atom is 0.150 e. The zero-order valence-corrected chi connectivity index (χ0v) is 19.3. The molecule has 0 bridgehead atoms. The number of nitrogens with zero attached hydrogens (tertiary/aromatic N) is 2. The van der Waals surface area contributed by atoms with E-state index in [4.69, 9.17) is 12.2 Å². The summed E-state index contributed by atoms with van der Waals surface area (Å²) in [6.07, 6.45) is 15.9. The molecule has 0 aromatic heterocycles.